The second kappa shape index (κ2) is 5.11. The van der Waals surface area contributed by atoms with Gasteiger partial charge < -0.3 is 16.0 Å². The van der Waals surface area contributed by atoms with Crippen LogP contribution in [0.25, 0.3) is 0 Å². The molecule has 0 aliphatic carbocycles. The van der Waals surface area contributed by atoms with Crippen LogP contribution in [0.2, 0.25) is 0 Å². The Kier molecular flexibility index (Phi) is 3.82. The van der Waals surface area contributed by atoms with Gasteiger partial charge in [-0.1, -0.05) is 12.1 Å². The topological polar surface area (TPSA) is 92.5 Å². The maximum atomic E-state index is 11.7. The first-order chi connectivity index (χ1) is 7.91. The molecule has 0 heterocycles. The van der Waals surface area contributed by atoms with Crippen molar-refractivity contribution < 1.29 is 14.4 Å². The summed E-state index contributed by atoms with van der Waals surface area (Å²) < 4.78 is 0. The lowest BCUT2D eigenvalue weighted by Gasteiger charge is -2.09. The van der Waals surface area contributed by atoms with Crippen LogP contribution in [0.1, 0.15) is 10.4 Å². The molecule has 0 bridgehead atoms. The van der Waals surface area contributed by atoms with Gasteiger partial charge in [-0.15, -0.1) is 0 Å². The number of primary amides is 1. The third kappa shape index (κ3) is 3.30. The van der Waals surface area contributed by atoms with Gasteiger partial charge in [0.25, 0.3) is 5.91 Å². The van der Waals surface area contributed by atoms with Gasteiger partial charge in [-0.25, -0.2) is 4.79 Å². The van der Waals surface area contributed by atoms with Crippen LogP contribution in [0.5, 0.6) is 0 Å². The van der Waals surface area contributed by atoms with Gasteiger partial charge in [0.15, 0.2) is 0 Å². The SMILES string of the molecule is CN(C)C(=O)C(=O)c1cccc(NC(N)=O)c1. The van der Waals surface area contributed by atoms with Gasteiger partial charge in [-0.2, -0.15) is 0 Å². The number of ketones is 1. The summed E-state index contributed by atoms with van der Waals surface area (Å²) in [7, 11) is 2.98. The van der Waals surface area contributed by atoms with Crippen molar-refractivity contribution in [3.05, 3.63) is 29.8 Å². The average Bonchev–Trinajstić information content (AvgIpc) is 2.26. The number of likely N-dealkylation sites (N-methyl/N-ethyl adjacent to an activating group) is 1. The number of nitrogens with one attached hydrogen (secondary N) is 1. The first kappa shape index (κ1) is 12.7. The van der Waals surface area contributed by atoms with E-state index in [2.05, 4.69) is 5.32 Å². The van der Waals surface area contributed by atoms with Gasteiger partial charge in [0, 0.05) is 25.3 Å². The minimum absolute atomic E-state index is 0.204. The number of carbonyl (C=O) groups is 3. The smallest absolute Gasteiger partial charge is 0.316 e. The summed E-state index contributed by atoms with van der Waals surface area (Å²) in [5.74, 6) is -1.26. The molecule has 90 valence electrons. The maximum absolute atomic E-state index is 11.7. The summed E-state index contributed by atoms with van der Waals surface area (Å²) >= 11 is 0. The van der Waals surface area contributed by atoms with Gasteiger partial charge in [-0.3, -0.25) is 9.59 Å². The van der Waals surface area contributed by atoms with Crippen LogP contribution in [0.15, 0.2) is 24.3 Å². The minimum Gasteiger partial charge on any atom is -0.351 e. The highest BCUT2D eigenvalue weighted by Gasteiger charge is 2.18. The average molecular weight is 235 g/mol. The van der Waals surface area contributed by atoms with Gasteiger partial charge in [-0.05, 0) is 12.1 Å². The predicted molar refractivity (Wildman–Crippen MR) is 62.7 cm³/mol. The number of Topliss-reactive ketones (excluding diaryl/α,β-unsaturated/α-hetero) is 1. The summed E-state index contributed by atoms with van der Waals surface area (Å²) in [6, 6.07) is 5.29. The van der Waals surface area contributed by atoms with E-state index in [1.165, 1.54) is 31.1 Å². The molecule has 1 aromatic carbocycles. The van der Waals surface area contributed by atoms with E-state index >= 15 is 0 Å². The van der Waals surface area contributed by atoms with Crippen molar-refractivity contribution in [2.45, 2.75) is 0 Å². The number of nitrogens with two attached hydrogens (primary N) is 1. The molecule has 0 aromatic heterocycles. The van der Waals surface area contributed by atoms with Crippen LogP contribution in [-0.4, -0.2) is 36.7 Å². The standard InChI is InChI=1S/C11H13N3O3/c1-14(2)10(16)9(15)7-4-3-5-8(6-7)13-11(12)17/h3-6H,1-2H3,(H3,12,13,17). The zero-order chi connectivity index (χ0) is 13.0. The Morgan fingerprint density at radius 3 is 2.41 bits per heavy atom. The molecule has 6 nitrogen and oxygen atoms in total. The van der Waals surface area contributed by atoms with Crippen LogP contribution in [-0.2, 0) is 4.79 Å². The van der Waals surface area contributed by atoms with Crippen molar-refractivity contribution in [1.29, 1.82) is 0 Å². The molecule has 1 aromatic rings. The van der Waals surface area contributed by atoms with Crippen LogP contribution < -0.4 is 11.1 Å². The Hall–Kier alpha value is -2.37. The highest BCUT2D eigenvalue weighted by atomic mass is 16.2. The molecule has 3 N–H and O–H groups in total. The molecule has 0 radical (unpaired) electrons. The summed E-state index contributed by atoms with van der Waals surface area (Å²) in [4.78, 5) is 35.0. The first-order valence-corrected chi connectivity index (χ1v) is 4.84. The second-order valence-corrected chi connectivity index (χ2v) is 3.60. The zero-order valence-electron chi connectivity index (χ0n) is 9.56. The Morgan fingerprint density at radius 1 is 1.24 bits per heavy atom. The van der Waals surface area contributed by atoms with Crippen molar-refractivity contribution in [3.63, 3.8) is 0 Å². The van der Waals surface area contributed by atoms with Gasteiger partial charge >= 0.3 is 6.03 Å². The molecule has 17 heavy (non-hydrogen) atoms. The molecule has 0 atom stereocenters. The number of nitrogens with zero attached hydrogens (tertiary/aromatic N) is 1. The summed E-state index contributed by atoms with van der Waals surface area (Å²) in [6.45, 7) is 0. The van der Waals surface area contributed by atoms with Crippen molar-refractivity contribution in [3.8, 4) is 0 Å². The zero-order valence-corrected chi connectivity index (χ0v) is 9.56. The monoisotopic (exact) mass is 235 g/mol. The Morgan fingerprint density at radius 2 is 1.88 bits per heavy atom. The maximum Gasteiger partial charge on any atom is 0.316 e. The highest BCUT2D eigenvalue weighted by molar-refractivity contribution is 6.42. The van der Waals surface area contributed by atoms with Crippen molar-refractivity contribution in [2.24, 2.45) is 5.73 Å². The van der Waals surface area contributed by atoms with Gasteiger partial charge in [0.05, 0.1) is 0 Å². The molecule has 0 saturated heterocycles. The van der Waals surface area contributed by atoms with Crippen molar-refractivity contribution in [1.82, 2.24) is 4.90 Å². The Balaban J connectivity index is 2.95. The van der Waals surface area contributed by atoms with E-state index in [0.29, 0.717) is 5.69 Å². The fourth-order valence-corrected chi connectivity index (χ4v) is 1.21. The van der Waals surface area contributed by atoms with E-state index in [1.807, 2.05) is 0 Å². The normalized spacial score (nSPS) is 9.53. The molecule has 0 fully saturated rings. The lowest BCUT2D eigenvalue weighted by Crippen LogP contribution is -2.30. The van der Waals surface area contributed by atoms with Crippen LogP contribution in [0, 0.1) is 0 Å². The summed E-state index contributed by atoms with van der Waals surface area (Å²) in [5, 5.41) is 2.33. The number of benzene rings is 1. The highest BCUT2D eigenvalue weighted by Crippen LogP contribution is 2.11. The molecule has 0 spiro atoms. The van der Waals surface area contributed by atoms with Crippen LogP contribution >= 0.6 is 0 Å². The largest absolute Gasteiger partial charge is 0.351 e. The quantitative estimate of drug-likeness (QED) is 0.588. The van der Waals surface area contributed by atoms with E-state index in [1.54, 1.807) is 12.1 Å². The van der Waals surface area contributed by atoms with E-state index in [0.717, 1.165) is 0 Å². The number of hydrogen-bond acceptors (Lipinski definition) is 3. The van der Waals surface area contributed by atoms with Crippen LogP contribution in [0.4, 0.5) is 10.5 Å². The molecule has 0 aliphatic rings. The third-order valence-electron chi connectivity index (χ3n) is 1.99. The molecule has 0 aliphatic heterocycles. The first-order valence-electron chi connectivity index (χ1n) is 4.84. The summed E-state index contributed by atoms with van der Waals surface area (Å²) in [5.41, 5.74) is 5.52. The number of hydrogen-bond donors (Lipinski definition) is 2. The minimum atomic E-state index is -0.728. The lowest BCUT2D eigenvalue weighted by atomic mass is 10.1. The second-order valence-electron chi connectivity index (χ2n) is 3.60. The van der Waals surface area contributed by atoms with E-state index in [4.69, 9.17) is 5.73 Å². The number of rotatable bonds is 3. The van der Waals surface area contributed by atoms with E-state index in [9.17, 15) is 14.4 Å². The van der Waals surface area contributed by atoms with Gasteiger partial charge in [0.2, 0.25) is 5.78 Å². The molecular weight excluding hydrogens is 222 g/mol. The number of carbonyl (C=O) groups excluding carboxylic acids is 3. The third-order valence-corrected chi connectivity index (χ3v) is 1.99. The van der Waals surface area contributed by atoms with Crippen molar-refractivity contribution >= 4 is 23.4 Å². The molecule has 6 heteroatoms. The van der Waals surface area contributed by atoms with E-state index < -0.39 is 17.7 Å². The number of anilines is 1. The van der Waals surface area contributed by atoms with Gasteiger partial charge in [0.1, 0.15) is 0 Å². The van der Waals surface area contributed by atoms with E-state index in [-0.39, 0.29) is 5.56 Å². The fraction of sp³-hybridized carbons (Fsp3) is 0.182. The Bertz CT molecular complexity index is 469. The lowest BCUT2D eigenvalue weighted by molar-refractivity contribution is -0.124. The number of urea groups is 1. The molecular formula is C11H13N3O3. The molecule has 3 amide bonds. The van der Waals surface area contributed by atoms with Crippen LogP contribution in [0.3, 0.4) is 0 Å². The predicted octanol–water partition coefficient (Wildman–Crippen LogP) is 0.448. The molecule has 1 rings (SSSR count). The molecule has 0 saturated carbocycles. The molecule has 0 unspecified atom stereocenters. The number of amides is 3. The summed E-state index contributed by atoms with van der Waals surface area (Å²) in [6.07, 6.45) is 0. The van der Waals surface area contributed by atoms with Crippen molar-refractivity contribution in [2.75, 3.05) is 19.4 Å². The fourth-order valence-electron chi connectivity index (χ4n) is 1.21. The Labute approximate surface area is 98.4 Å².